The lowest BCUT2D eigenvalue weighted by molar-refractivity contribution is -0.146. The van der Waals surface area contributed by atoms with Crippen LogP contribution in [-0.4, -0.2) is 63.4 Å². The van der Waals surface area contributed by atoms with Gasteiger partial charge in [0.25, 0.3) is 5.91 Å². The minimum Gasteiger partial charge on any atom is -0.341 e. The Bertz CT molecular complexity index is 946. The van der Waals surface area contributed by atoms with E-state index in [9.17, 15) is 14.4 Å². The van der Waals surface area contributed by atoms with E-state index >= 15 is 0 Å². The van der Waals surface area contributed by atoms with Gasteiger partial charge in [-0.05, 0) is 55.2 Å². The van der Waals surface area contributed by atoms with Crippen LogP contribution in [0.25, 0.3) is 0 Å². The number of amides is 2. The highest BCUT2D eigenvalue weighted by Crippen LogP contribution is 2.28. The van der Waals surface area contributed by atoms with Gasteiger partial charge in [-0.2, -0.15) is 5.10 Å². The van der Waals surface area contributed by atoms with Gasteiger partial charge in [-0.25, -0.2) is 0 Å². The van der Waals surface area contributed by atoms with Gasteiger partial charge in [-0.3, -0.25) is 19.1 Å². The molecule has 2 amide bonds. The number of aromatic nitrogens is 2. The number of piperidine rings is 1. The summed E-state index contributed by atoms with van der Waals surface area (Å²) < 4.78 is 1.64. The van der Waals surface area contributed by atoms with Crippen LogP contribution in [0.2, 0.25) is 0 Å². The number of carbonyl (C=O) groups excluding carboxylic acids is 3. The maximum absolute atomic E-state index is 13.1. The average Bonchev–Trinajstić information content (AvgIpc) is 3.30. The average molecular weight is 453 g/mol. The van der Waals surface area contributed by atoms with Gasteiger partial charge in [0.1, 0.15) is 6.54 Å². The van der Waals surface area contributed by atoms with Crippen molar-refractivity contribution in [3.8, 4) is 0 Å². The molecular formula is C26H36N4O3. The summed E-state index contributed by atoms with van der Waals surface area (Å²) in [7, 11) is 1.87. The zero-order chi connectivity index (χ0) is 24.0. The second-order valence-corrected chi connectivity index (χ2v) is 9.56. The molecule has 33 heavy (non-hydrogen) atoms. The first-order valence-electron chi connectivity index (χ1n) is 11.9. The molecule has 7 heteroatoms. The minimum absolute atomic E-state index is 0.0118. The third kappa shape index (κ3) is 6.53. The topological polar surface area (TPSA) is 75.5 Å². The summed E-state index contributed by atoms with van der Waals surface area (Å²) in [6, 6.07) is 10.1. The summed E-state index contributed by atoms with van der Waals surface area (Å²) in [4.78, 5) is 41.5. The van der Waals surface area contributed by atoms with E-state index in [2.05, 4.69) is 24.2 Å². The predicted molar refractivity (Wildman–Crippen MR) is 127 cm³/mol. The maximum atomic E-state index is 13.1. The van der Waals surface area contributed by atoms with Crippen LogP contribution in [0.5, 0.6) is 0 Å². The fourth-order valence-electron chi connectivity index (χ4n) is 4.64. The van der Waals surface area contributed by atoms with Crippen molar-refractivity contribution in [1.29, 1.82) is 0 Å². The molecule has 1 atom stereocenters. The van der Waals surface area contributed by atoms with Crippen molar-refractivity contribution in [2.24, 2.45) is 11.8 Å². The molecule has 0 N–H and O–H groups in total. The summed E-state index contributed by atoms with van der Waals surface area (Å²) in [5.41, 5.74) is 2.44. The van der Waals surface area contributed by atoms with Gasteiger partial charge < -0.3 is 9.80 Å². The van der Waals surface area contributed by atoms with Crippen molar-refractivity contribution in [3.05, 3.63) is 53.9 Å². The summed E-state index contributed by atoms with van der Waals surface area (Å²) in [5, 5.41) is 4.17. The van der Waals surface area contributed by atoms with Gasteiger partial charge in [0, 0.05) is 45.0 Å². The SMILES string of the molecule is Cc1ccccc1C[C@H](C1CCN(C(=O)C(=O)CC(C)C)CC1)N(C)C(=O)Cn1cccn1. The molecule has 0 saturated carbocycles. The molecule has 2 aromatic rings. The summed E-state index contributed by atoms with van der Waals surface area (Å²) in [6.07, 6.45) is 6.07. The Kier molecular flexibility index (Phi) is 8.42. The van der Waals surface area contributed by atoms with E-state index in [0.717, 1.165) is 19.3 Å². The molecule has 3 rings (SSSR count). The smallest absolute Gasteiger partial charge is 0.289 e. The number of benzene rings is 1. The van der Waals surface area contributed by atoms with Gasteiger partial charge in [-0.15, -0.1) is 0 Å². The second-order valence-electron chi connectivity index (χ2n) is 9.56. The van der Waals surface area contributed by atoms with Crippen LogP contribution in [0.4, 0.5) is 0 Å². The third-order valence-corrected chi connectivity index (χ3v) is 6.64. The number of likely N-dealkylation sites (N-methyl/N-ethyl adjacent to an activating group) is 1. The highest BCUT2D eigenvalue weighted by Gasteiger charge is 2.34. The first-order valence-corrected chi connectivity index (χ1v) is 11.9. The first-order chi connectivity index (χ1) is 15.8. The Labute approximate surface area is 196 Å². The Morgan fingerprint density at radius 1 is 1.12 bits per heavy atom. The molecule has 1 aliphatic rings. The minimum atomic E-state index is -0.360. The highest BCUT2D eigenvalue weighted by molar-refractivity contribution is 6.36. The van der Waals surface area contributed by atoms with Crippen LogP contribution in [0.1, 0.15) is 44.2 Å². The molecule has 0 bridgehead atoms. The summed E-state index contributed by atoms with van der Waals surface area (Å²) in [6.45, 7) is 7.30. The summed E-state index contributed by atoms with van der Waals surface area (Å²) in [5.74, 6) is -0.220. The van der Waals surface area contributed by atoms with Crippen LogP contribution in [0.3, 0.4) is 0 Å². The zero-order valence-corrected chi connectivity index (χ0v) is 20.2. The molecule has 1 aromatic heterocycles. The van der Waals surface area contributed by atoms with Crippen LogP contribution < -0.4 is 0 Å². The van der Waals surface area contributed by atoms with Gasteiger partial charge >= 0.3 is 0 Å². The lowest BCUT2D eigenvalue weighted by Gasteiger charge is -2.40. The van der Waals surface area contributed by atoms with E-state index in [4.69, 9.17) is 0 Å². The maximum Gasteiger partial charge on any atom is 0.289 e. The number of hydrogen-bond donors (Lipinski definition) is 0. The lowest BCUT2D eigenvalue weighted by Crippen LogP contribution is -2.50. The van der Waals surface area contributed by atoms with E-state index in [0.29, 0.717) is 19.5 Å². The number of nitrogens with zero attached hydrogens (tertiary/aromatic N) is 4. The van der Waals surface area contributed by atoms with Crippen molar-refractivity contribution in [2.75, 3.05) is 20.1 Å². The van der Waals surface area contributed by atoms with Crippen molar-refractivity contribution < 1.29 is 14.4 Å². The van der Waals surface area contributed by atoms with Crippen molar-refractivity contribution in [2.45, 2.75) is 59.0 Å². The number of ketones is 1. The predicted octanol–water partition coefficient (Wildman–Crippen LogP) is 3.12. The van der Waals surface area contributed by atoms with E-state index in [1.54, 1.807) is 22.0 Å². The molecular weight excluding hydrogens is 416 g/mol. The number of carbonyl (C=O) groups is 3. The van der Waals surface area contributed by atoms with Crippen molar-refractivity contribution >= 4 is 17.6 Å². The fourth-order valence-corrected chi connectivity index (χ4v) is 4.64. The van der Waals surface area contributed by atoms with Crippen LogP contribution in [0.15, 0.2) is 42.7 Å². The Morgan fingerprint density at radius 2 is 1.82 bits per heavy atom. The van der Waals surface area contributed by atoms with E-state index in [1.165, 1.54) is 11.1 Å². The number of hydrogen-bond acceptors (Lipinski definition) is 4. The third-order valence-electron chi connectivity index (χ3n) is 6.64. The second kappa shape index (κ2) is 11.3. The number of aryl methyl sites for hydroxylation is 1. The Morgan fingerprint density at radius 3 is 2.42 bits per heavy atom. The van der Waals surface area contributed by atoms with Gasteiger partial charge in [0.2, 0.25) is 11.7 Å². The molecule has 1 aliphatic heterocycles. The van der Waals surface area contributed by atoms with Gasteiger partial charge in [0.15, 0.2) is 0 Å². The van der Waals surface area contributed by atoms with Crippen LogP contribution in [-0.2, 0) is 27.3 Å². The molecule has 0 radical (unpaired) electrons. The quantitative estimate of drug-likeness (QED) is 0.548. The van der Waals surface area contributed by atoms with E-state index in [-0.39, 0.29) is 42.0 Å². The largest absolute Gasteiger partial charge is 0.341 e. The van der Waals surface area contributed by atoms with E-state index in [1.807, 2.05) is 44.0 Å². The molecule has 1 aromatic carbocycles. The van der Waals surface area contributed by atoms with Crippen molar-refractivity contribution in [1.82, 2.24) is 19.6 Å². The van der Waals surface area contributed by atoms with Gasteiger partial charge in [0.05, 0.1) is 0 Å². The van der Waals surface area contributed by atoms with Crippen LogP contribution >= 0.6 is 0 Å². The molecule has 2 heterocycles. The lowest BCUT2D eigenvalue weighted by atomic mass is 9.84. The number of Topliss-reactive ketones (excluding diaryl/α,β-unsaturated/α-hetero) is 1. The molecule has 7 nitrogen and oxygen atoms in total. The highest BCUT2D eigenvalue weighted by atomic mass is 16.2. The molecule has 1 saturated heterocycles. The standard InChI is InChI=1S/C26H36N4O3/c1-19(2)16-24(31)26(33)29-14-10-21(11-15-29)23(17-22-9-6-5-8-20(22)3)28(4)25(32)18-30-13-7-12-27-30/h5-9,12-13,19,21,23H,10-11,14-18H2,1-4H3/t23-/m1/s1. The normalized spacial score (nSPS) is 15.5. The first kappa shape index (κ1) is 24.7. The number of rotatable bonds is 9. The fraction of sp³-hybridized carbons (Fsp3) is 0.538. The molecule has 0 spiro atoms. The zero-order valence-electron chi connectivity index (χ0n) is 20.2. The molecule has 0 unspecified atom stereocenters. The Balaban J connectivity index is 1.71. The molecule has 178 valence electrons. The monoisotopic (exact) mass is 452 g/mol. The van der Waals surface area contributed by atoms with Gasteiger partial charge in [-0.1, -0.05) is 38.1 Å². The molecule has 1 fully saturated rings. The van der Waals surface area contributed by atoms with Crippen LogP contribution in [0, 0.1) is 18.8 Å². The Hall–Kier alpha value is -2.96. The molecule has 0 aliphatic carbocycles. The van der Waals surface area contributed by atoms with Crippen molar-refractivity contribution in [3.63, 3.8) is 0 Å². The number of likely N-dealkylation sites (tertiary alicyclic amines) is 1. The summed E-state index contributed by atoms with van der Waals surface area (Å²) >= 11 is 0. The van der Waals surface area contributed by atoms with E-state index < -0.39 is 0 Å².